The zero-order valence-electron chi connectivity index (χ0n) is 12.3. The molecule has 0 amide bonds. The van der Waals surface area contributed by atoms with E-state index in [0.29, 0.717) is 12.1 Å². The number of rotatable bonds is 6. The van der Waals surface area contributed by atoms with E-state index in [2.05, 4.69) is 32.2 Å². The summed E-state index contributed by atoms with van der Waals surface area (Å²) in [5, 5.41) is 3.81. The smallest absolute Gasteiger partial charge is 0.0934 e. The van der Waals surface area contributed by atoms with E-state index in [-0.39, 0.29) is 0 Å². The minimum Gasteiger partial charge on any atom is -0.307 e. The Morgan fingerprint density at radius 2 is 2.16 bits per heavy atom. The van der Waals surface area contributed by atoms with Crippen molar-refractivity contribution < 1.29 is 0 Å². The summed E-state index contributed by atoms with van der Waals surface area (Å²) in [4.78, 5) is 1.50. The van der Waals surface area contributed by atoms with Crippen molar-refractivity contribution in [2.24, 2.45) is 5.92 Å². The van der Waals surface area contributed by atoms with Crippen molar-refractivity contribution in [1.29, 1.82) is 0 Å². The van der Waals surface area contributed by atoms with Crippen LogP contribution in [0.2, 0.25) is 4.34 Å². The van der Waals surface area contributed by atoms with Gasteiger partial charge in [0, 0.05) is 17.0 Å². The third-order valence-electron chi connectivity index (χ3n) is 3.99. The van der Waals surface area contributed by atoms with Crippen LogP contribution in [0, 0.1) is 5.92 Å². The van der Waals surface area contributed by atoms with Gasteiger partial charge in [-0.25, -0.2) is 0 Å². The fraction of sp³-hybridized carbons (Fsp3) is 0.750. The first kappa shape index (κ1) is 15.3. The standard InChI is InChI=1S/C16H26ClNS/c1-11(2)6-4-7-12(3)18-14-8-5-9-15-13(14)10-16(17)19-15/h10-12,14,18H,4-9H2,1-3H3. The van der Waals surface area contributed by atoms with Crippen molar-refractivity contribution in [3.8, 4) is 0 Å². The van der Waals surface area contributed by atoms with Gasteiger partial charge in [-0.2, -0.15) is 0 Å². The third kappa shape index (κ3) is 4.47. The highest BCUT2D eigenvalue weighted by molar-refractivity contribution is 7.16. The molecule has 0 fully saturated rings. The minimum absolute atomic E-state index is 0.529. The summed E-state index contributed by atoms with van der Waals surface area (Å²) in [6.07, 6.45) is 7.71. The molecule has 2 unspecified atom stereocenters. The van der Waals surface area contributed by atoms with E-state index in [0.717, 1.165) is 10.3 Å². The van der Waals surface area contributed by atoms with Crippen molar-refractivity contribution in [3.05, 3.63) is 20.8 Å². The molecule has 2 rings (SSSR count). The normalized spacial score (nSPS) is 20.6. The summed E-state index contributed by atoms with van der Waals surface area (Å²) in [6, 6.07) is 3.31. The molecular weight excluding hydrogens is 274 g/mol. The molecule has 0 radical (unpaired) electrons. The van der Waals surface area contributed by atoms with Crippen molar-refractivity contribution in [2.45, 2.75) is 71.4 Å². The van der Waals surface area contributed by atoms with Gasteiger partial charge in [0.05, 0.1) is 4.34 Å². The lowest BCUT2D eigenvalue weighted by atomic mass is 9.93. The fourth-order valence-electron chi connectivity index (χ4n) is 2.95. The number of halogens is 1. The zero-order valence-corrected chi connectivity index (χ0v) is 13.9. The van der Waals surface area contributed by atoms with Crippen LogP contribution in [0.5, 0.6) is 0 Å². The quantitative estimate of drug-likeness (QED) is 0.722. The number of nitrogens with one attached hydrogen (secondary N) is 1. The van der Waals surface area contributed by atoms with E-state index in [1.165, 1.54) is 49.0 Å². The van der Waals surface area contributed by atoms with E-state index < -0.39 is 0 Å². The van der Waals surface area contributed by atoms with Crippen LogP contribution in [-0.2, 0) is 6.42 Å². The Morgan fingerprint density at radius 1 is 1.37 bits per heavy atom. The SMILES string of the molecule is CC(C)CCCC(C)NC1CCCc2sc(Cl)cc21. The number of hydrogen-bond acceptors (Lipinski definition) is 2. The van der Waals surface area contributed by atoms with Crippen LogP contribution in [0.3, 0.4) is 0 Å². The minimum atomic E-state index is 0.529. The molecule has 3 heteroatoms. The maximum Gasteiger partial charge on any atom is 0.0934 e. The number of fused-ring (bicyclic) bond motifs is 1. The zero-order chi connectivity index (χ0) is 13.8. The van der Waals surface area contributed by atoms with E-state index in [4.69, 9.17) is 11.6 Å². The molecule has 0 spiro atoms. The molecule has 0 bridgehead atoms. The monoisotopic (exact) mass is 299 g/mol. The van der Waals surface area contributed by atoms with E-state index >= 15 is 0 Å². The van der Waals surface area contributed by atoms with Gasteiger partial charge >= 0.3 is 0 Å². The fourth-order valence-corrected chi connectivity index (χ4v) is 4.34. The lowest BCUT2D eigenvalue weighted by Crippen LogP contribution is -2.32. The summed E-state index contributed by atoms with van der Waals surface area (Å²) < 4.78 is 0.950. The molecule has 0 aromatic carbocycles. The molecule has 19 heavy (non-hydrogen) atoms. The maximum atomic E-state index is 6.16. The summed E-state index contributed by atoms with van der Waals surface area (Å²) in [7, 11) is 0. The number of aryl methyl sites for hydroxylation is 1. The van der Waals surface area contributed by atoms with Crippen LogP contribution in [0.1, 0.15) is 69.4 Å². The molecule has 1 heterocycles. The van der Waals surface area contributed by atoms with Crippen LogP contribution in [-0.4, -0.2) is 6.04 Å². The largest absolute Gasteiger partial charge is 0.307 e. The predicted molar refractivity (Wildman–Crippen MR) is 86.3 cm³/mol. The molecule has 0 saturated heterocycles. The van der Waals surface area contributed by atoms with Gasteiger partial charge in [0.1, 0.15) is 0 Å². The lowest BCUT2D eigenvalue weighted by Gasteiger charge is -2.27. The molecule has 108 valence electrons. The second-order valence-electron chi connectivity index (χ2n) is 6.27. The first-order valence-corrected chi connectivity index (χ1v) is 8.80. The molecule has 1 aliphatic rings. The topological polar surface area (TPSA) is 12.0 Å². The highest BCUT2D eigenvalue weighted by Crippen LogP contribution is 2.38. The van der Waals surface area contributed by atoms with Crippen LogP contribution in [0.15, 0.2) is 6.07 Å². The number of hydrogen-bond donors (Lipinski definition) is 1. The van der Waals surface area contributed by atoms with Crippen LogP contribution in [0.25, 0.3) is 0 Å². The molecule has 1 aromatic rings. The van der Waals surface area contributed by atoms with Gasteiger partial charge in [-0.05, 0) is 50.2 Å². The van der Waals surface area contributed by atoms with Crippen molar-refractivity contribution in [2.75, 3.05) is 0 Å². The van der Waals surface area contributed by atoms with E-state index in [1.54, 1.807) is 11.3 Å². The predicted octanol–water partition coefficient (Wildman–Crippen LogP) is 5.58. The lowest BCUT2D eigenvalue weighted by molar-refractivity contribution is 0.382. The third-order valence-corrected chi connectivity index (χ3v) is 5.33. The van der Waals surface area contributed by atoms with Crippen LogP contribution >= 0.6 is 22.9 Å². The Hall–Kier alpha value is -0.0500. The Bertz CT molecular complexity index is 399. The molecule has 0 aliphatic heterocycles. The molecule has 0 saturated carbocycles. The highest BCUT2D eigenvalue weighted by atomic mass is 35.5. The van der Waals surface area contributed by atoms with Gasteiger partial charge in [0.15, 0.2) is 0 Å². The van der Waals surface area contributed by atoms with E-state index in [1.807, 2.05) is 0 Å². The highest BCUT2D eigenvalue weighted by Gasteiger charge is 2.23. The molecule has 1 nitrogen and oxygen atoms in total. The molecule has 1 aliphatic carbocycles. The summed E-state index contributed by atoms with van der Waals surface area (Å²) >= 11 is 7.93. The average Bonchev–Trinajstić information content (AvgIpc) is 2.70. The second-order valence-corrected chi connectivity index (χ2v) is 8.03. The van der Waals surface area contributed by atoms with Crippen molar-refractivity contribution in [1.82, 2.24) is 5.32 Å². The van der Waals surface area contributed by atoms with E-state index in [9.17, 15) is 0 Å². The van der Waals surface area contributed by atoms with Gasteiger partial charge in [0.2, 0.25) is 0 Å². The summed E-state index contributed by atoms with van der Waals surface area (Å²) in [6.45, 7) is 6.93. The maximum absolute atomic E-state index is 6.16. The Morgan fingerprint density at radius 3 is 2.89 bits per heavy atom. The second kappa shape index (κ2) is 7.10. The molecule has 1 N–H and O–H groups in total. The van der Waals surface area contributed by atoms with Gasteiger partial charge in [0.25, 0.3) is 0 Å². The molecule has 1 aromatic heterocycles. The first-order chi connectivity index (χ1) is 9.06. The van der Waals surface area contributed by atoms with Crippen molar-refractivity contribution >= 4 is 22.9 Å². The van der Waals surface area contributed by atoms with Gasteiger partial charge < -0.3 is 5.32 Å². The van der Waals surface area contributed by atoms with Gasteiger partial charge in [-0.3, -0.25) is 0 Å². The summed E-state index contributed by atoms with van der Waals surface area (Å²) in [5.74, 6) is 0.823. The average molecular weight is 300 g/mol. The Kier molecular flexibility index (Phi) is 5.73. The Balaban J connectivity index is 1.86. The van der Waals surface area contributed by atoms with Crippen molar-refractivity contribution in [3.63, 3.8) is 0 Å². The molecular formula is C16H26ClNS. The van der Waals surface area contributed by atoms with Crippen LogP contribution < -0.4 is 5.32 Å². The number of thiophene rings is 1. The first-order valence-electron chi connectivity index (χ1n) is 7.60. The van der Waals surface area contributed by atoms with Gasteiger partial charge in [-0.15, -0.1) is 11.3 Å². The van der Waals surface area contributed by atoms with Crippen LogP contribution in [0.4, 0.5) is 0 Å². The van der Waals surface area contributed by atoms with Gasteiger partial charge in [-0.1, -0.05) is 38.3 Å². The Labute approximate surface area is 126 Å². The summed E-state index contributed by atoms with van der Waals surface area (Å²) in [5.41, 5.74) is 1.47. The molecule has 2 atom stereocenters.